The quantitative estimate of drug-likeness (QED) is 0.385. The van der Waals surface area contributed by atoms with Crippen molar-refractivity contribution in [3.05, 3.63) is 68.1 Å². The van der Waals surface area contributed by atoms with E-state index in [2.05, 4.69) is 42.5 Å². The minimum Gasteiger partial charge on any atom is -0.483 e. The molecule has 0 unspecified atom stereocenters. The number of carbonyl (C=O) groups excluding carboxylic acids is 1. The molecule has 1 amide bonds. The van der Waals surface area contributed by atoms with Crippen LogP contribution in [0.25, 0.3) is 10.8 Å². The number of benzene rings is 3. The molecule has 3 aromatic rings. The summed E-state index contributed by atoms with van der Waals surface area (Å²) in [6, 6.07) is 15.1. The molecule has 4 nitrogen and oxygen atoms in total. The third-order valence-electron chi connectivity index (χ3n) is 4.01. The average molecular weight is 543 g/mol. The Labute approximate surface area is 189 Å². The van der Waals surface area contributed by atoms with E-state index in [1.807, 2.05) is 43.3 Å². The Bertz CT molecular complexity index is 1080. The molecule has 0 spiro atoms. The largest absolute Gasteiger partial charge is 0.483 e. The first-order valence-corrected chi connectivity index (χ1v) is 10.6. The number of amides is 1. The van der Waals surface area contributed by atoms with Gasteiger partial charge in [0.25, 0.3) is 5.91 Å². The molecule has 0 aliphatic rings. The number of ether oxygens (including phenoxy) is 1. The molecule has 0 aliphatic heterocycles. The summed E-state index contributed by atoms with van der Waals surface area (Å²) in [4.78, 5) is 12.2. The van der Waals surface area contributed by atoms with Gasteiger partial charge in [0.1, 0.15) is 5.75 Å². The van der Waals surface area contributed by atoms with Crippen molar-refractivity contribution < 1.29 is 9.53 Å². The number of anilines is 1. The molecular formula is C20H15Br2ClN2O2S. The lowest BCUT2D eigenvalue weighted by Gasteiger charge is -2.13. The zero-order valence-corrected chi connectivity index (χ0v) is 19.4. The summed E-state index contributed by atoms with van der Waals surface area (Å²) >= 11 is 18.3. The van der Waals surface area contributed by atoms with Crippen LogP contribution >= 0.6 is 55.7 Å². The molecule has 0 bridgehead atoms. The van der Waals surface area contributed by atoms with E-state index in [0.717, 1.165) is 31.0 Å². The zero-order valence-electron chi connectivity index (χ0n) is 14.7. The van der Waals surface area contributed by atoms with Crippen molar-refractivity contribution in [2.75, 3.05) is 11.9 Å². The smallest absolute Gasteiger partial charge is 0.264 e. The van der Waals surface area contributed by atoms with Crippen LogP contribution in [-0.4, -0.2) is 17.6 Å². The zero-order chi connectivity index (χ0) is 20.3. The summed E-state index contributed by atoms with van der Waals surface area (Å²) < 4.78 is 7.44. The van der Waals surface area contributed by atoms with Gasteiger partial charge in [-0.25, -0.2) is 0 Å². The molecule has 0 aromatic heterocycles. The number of halogens is 3. The molecule has 0 heterocycles. The fourth-order valence-electron chi connectivity index (χ4n) is 2.56. The lowest BCUT2D eigenvalue weighted by Crippen LogP contribution is -2.37. The Morgan fingerprint density at radius 1 is 1.18 bits per heavy atom. The number of fused-ring (bicyclic) bond motifs is 1. The number of rotatable bonds is 4. The molecule has 0 aliphatic carbocycles. The number of hydrogen-bond donors (Lipinski definition) is 2. The van der Waals surface area contributed by atoms with Crippen molar-refractivity contribution in [3.63, 3.8) is 0 Å². The summed E-state index contributed by atoms with van der Waals surface area (Å²) in [5, 5.41) is 8.42. The van der Waals surface area contributed by atoms with Gasteiger partial charge in [0, 0.05) is 15.2 Å². The van der Waals surface area contributed by atoms with E-state index in [1.54, 1.807) is 12.1 Å². The Kier molecular flexibility index (Phi) is 6.93. The number of thiocarbonyl (C=S) groups is 1. The molecule has 8 heteroatoms. The monoisotopic (exact) mass is 540 g/mol. The summed E-state index contributed by atoms with van der Waals surface area (Å²) in [6.45, 7) is 1.70. The Morgan fingerprint density at radius 3 is 2.75 bits per heavy atom. The van der Waals surface area contributed by atoms with Gasteiger partial charge in [0.15, 0.2) is 11.7 Å². The fraction of sp³-hybridized carbons (Fsp3) is 0.100. The minimum atomic E-state index is -0.361. The van der Waals surface area contributed by atoms with Crippen LogP contribution in [0.1, 0.15) is 5.56 Å². The summed E-state index contributed by atoms with van der Waals surface area (Å²) in [5.41, 5.74) is 1.59. The van der Waals surface area contributed by atoms with Crippen LogP contribution in [0, 0.1) is 6.92 Å². The minimum absolute atomic E-state index is 0.170. The van der Waals surface area contributed by atoms with Crippen LogP contribution in [0.2, 0.25) is 5.02 Å². The average Bonchev–Trinajstić information content (AvgIpc) is 2.65. The Balaban J connectivity index is 1.60. The first kappa shape index (κ1) is 21.0. The third-order valence-corrected chi connectivity index (χ3v) is 5.93. The van der Waals surface area contributed by atoms with E-state index in [9.17, 15) is 4.79 Å². The van der Waals surface area contributed by atoms with Gasteiger partial charge in [-0.1, -0.05) is 45.7 Å². The van der Waals surface area contributed by atoms with Gasteiger partial charge in [-0.3, -0.25) is 10.1 Å². The number of hydrogen-bond acceptors (Lipinski definition) is 3. The first-order valence-electron chi connectivity index (χ1n) is 8.21. The molecular weight excluding hydrogens is 528 g/mol. The van der Waals surface area contributed by atoms with E-state index >= 15 is 0 Å². The van der Waals surface area contributed by atoms with E-state index in [1.165, 1.54) is 0 Å². The van der Waals surface area contributed by atoms with E-state index in [-0.39, 0.29) is 17.6 Å². The second kappa shape index (κ2) is 9.22. The van der Waals surface area contributed by atoms with Gasteiger partial charge in [-0.05, 0) is 81.7 Å². The predicted octanol–water partition coefficient (Wildman–Crippen LogP) is 6.22. The van der Waals surface area contributed by atoms with E-state index < -0.39 is 0 Å². The third kappa shape index (κ3) is 5.03. The Morgan fingerprint density at radius 2 is 1.96 bits per heavy atom. The van der Waals surface area contributed by atoms with Crippen LogP contribution in [0.4, 0.5) is 5.69 Å². The molecule has 0 fully saturated rings. The normalized spacial score (nSPS) is 10.6. The number of nitrogens with one attached hydrogen (secondary N) is 2. The van der Waals surface area contributed by atoms with Crippen LogP contribution in [-0.2, 0) is 4.79 Å². The first-order chi connectivity index (χ1) is 13.3. The molecule has 144 valence electrons. The maximum atomic E-state index is 12.2. The molecule has 3 aromatic carbocycles. The van der Waals surface area contributed by atoms with Crippen molar-refractivity contribution in [2.24, 2.45) is 0 Å². The predicted molar refractivity (Wildman–Crippen MR) is 125 cm³/mol. The van der Waals surface area contributed by atoms with Crippen molar-refractivity contribution in [2.45, 2.75) is 6.92 Å². The van der Waals surface area contributed by atoms with Crippen LogP contribution in [0.3, 0.4) is 0 Å². The van der Waals surface area contributed by atoms with Crippen molar-refractivity contribution >= 4 is 83.2 Å². The highest BCUT2D eigenvalue weighted by molar-refractivity contribution is 9.11. The standard InChI is InChI=1S/C20H15Br2ClN2O2S/c1-11-15(23)3-2-4-16(11)24-20(28)25-18(26)10-27-17-8-5-12-9-13(21)6-7-14(12)19(17)22/h2-9H,10H2,1H3,(H2,24,25,26,28). The van der Waals surface area contributed by atoms with Crippen molar-refractivity contribution in [1.82, 2.24) is 5.32 Å². The molecule has 3 rings (SSSR count). The SMILES string of the molecule is Cc1c(Cl)cccc1NC(=S)NC(=O)COc1ccc2cc(Br)ccc2c1Br. The van der Waals surface area contributed by atoms with Gasteiger partial charge in [0.2, 0.25) is 0 Å². The molecule has 0 saturated carbocycles. The summed E-state index contributed by atoms with van der Waals surface area (Å²) in [6.07, 6.45) is 0. The summed E-state index contributed by atoms with van der Waals surface area (Å²) in [5.74, 6) is 0.217. The lowest BCUT2D eigenvalue weighted by molar-refractivity contribution is -0.121. The van der Waals surface area contributed by atoms with E-state index in [4.69, 9.17) is 28.6 Å². The fourth-order valence-corrected chi connectivity index (χ4v) is 3.94. The highest BCUT2D eigenvalue weighted by Crippen LogP contribution is 2.34. The molecule has 0 atom stereocenters. The molecule has 2 N–H and O–H groups in total. The van der Waals surface area contributed by atoms with Gasteiger partial charge in [-0.2, -0.15) is 0 Å². The molecule has 0 radical (unpaired) electrons. The second-order valence-electron chi connectivity index (χ2n) is 5.95. The second-order valence-corrected chi connectivity index (χ2v) is 8.47. The summed E-state index contributed by atoms with van der Waals surface area (Å²) in [7, 11) is 0. The van der Waals surface area contributed by atoms with Crippen LogP contribution in [0.5, 0.6) is 5.75 Å². The maximum absolute atomic E-state index is 12.2. The van der Waals surface area contributed by atoms with E-state index in [0.29, 0.717) is 10.8 Å². The Hall–Kier alpha value is -1.67. The lowest BCUT2D eigenvalue weighted by atomic mass is 10.1. The molecule has 28 heavy (non-hydrogen) atoms. The maximum Gasteiger partial charge on any atom is 0.264 e. The van der Waals surface area contributed by atoms with Gasteiger partial charge in [0.05, 0.1) is 4.47 Å². The van der Waals surface area contributed by atoms with Crippen LogP contribution in [0.15, 0.2) is 57.5 Å². The van der Waals surface area contributed by atoms with Crippen molar-refractivity contribution in [1.29, 1.82) is 0 Å². The van der Waals surface area contributed by atoms with Gasteiger partial charge < -0.3 is 10.1 Å². The number of carbonyl (C=O) groups is 1. The van der Waals surface area contributed by atoms with Gasteiger partial charge in [-0.15, -0.1) is 0 Å². The van der Waals surface area contributed by atoms with Crippen LogP contribution < -0.4 is 15.4 Å². The molecule has 0 saturated heterocycles. The highest BCUT2D eigenvalue weighted by Gasteiger charge is 2.11. The topological polar surface area (TPSA) is 50.4 Å². The highest BCUT2D eigenvalue weighted by atomic mass is 79.9. The van der Waals surface area contributed by atoms with Gasteiger partial charge >= 0.3 is 0 Å². The van der Waals surface area contributed by atoms with Crippen molar-refractivity contribution in [3.8, 4) is 5.75 Å².